The SMILES string of the molecule is COc1nc2c(c(NCCCC(C)C)n1)CNCC2. The summed E-state index contributed by atoms with van der Waals surface area (Å²) in [6.07, 6.45) is 3.33. The first-order chi connectivity index (χ1) is 9.20. The highest BCUT2D eigenvalue weighted by atomic mass is 16.5. The lowest BCUT2D eigenvalue weighted by molar-refractivity contribution is 0.376. The van der Waals surface area contributed by atoms with Gasteiger partial charge < -0.3 is 15.4 Å². The van der Waals surface area contributed by atoms with Crippen molar-refractivity contribution in [2.75, 3.05) is 25.5 Å². The van der Waals surface area contributed by atoms with Crippen molar-refractivity contribution in [3.8, 4) is 6.01 Å². The van der Waals surface area contributed by atoms with Crippen LogP contribution in [0.15, 0.2) is 0 Å². The van der Waals surface area contributed by atoms with Crippen molar-refractivity contribution in [1.82, 2.24) is 15.3 Å². The Labute approximate surface area is 115 Å². The van der Waals surface area contributed by atoms with Gasteiger partial charge in [-0.1, -0.05) is 13.8 Å². The Morgan fingerprint density at radius 2 is 2.21 bits per heavy atom. The summed E-state index contributed by atoms with van der Waals surface area (Å²) in [7, 11) is 1.62. The van der Waals surface area contributed by atoms with E-state index < -0.39 is 0 Å². The van der Waals surface area contributed by atoms with Gasteiger partial charge in [0, 0.05) is 31.6 Å². The Hall–Kier alpha value is -1.36. The molecule has 0 aliphatic carbocycles. The first-order valence-corrected chi connectivity index (χ1v) is 7.09. The maximum Gasteiger partial charge on any atom is 0.318 e. The predicted molar refractivity (Wildman–Crippen MR) is 76.6 cm³/mol. The molecule has 0 aromatic carbocycles. The summed E-state index contributed by atoms with van der Waals surface area (Å²) in [6.45, 7) is 7.26. The largest absolute Gasteiger partial charge is 0.467 e. The fraction of sp³-hybridized carbons (Fsp3) is 0.714. The van der Waals surface area contributed by atoms with Gasteiger partial charge in [-0.05, 0) is 18.8 Å². The molecule has 19 heavy (non-hydrogen) atoms. The molecule has 5 heteroatoms. The zero-order chi connectivity index (χ0) is 13.7. The third-order valence-corrected chi connectivity index (χ3v) is 3.35. The number of aromatic nitrogens is 2. The van der Waals surface area contributed by atoms with Crippen LogP contribution in [0, 0.1) is 5.92 Å². The molecule has 0 saturated heterocycles. The summed E-state index contributed by atoms with van der Waals surface area (Å²) in [6, 6.07) is 0.465. The molecule has 1 aliphatic heterocycles. The van der Waals surface area contributed by atoms with Crippen LogP contribution in [-0.2, 0) is 13.0 Å². The second-order valence-electron chi connectivity index (χ2n) is 5.37. The van der Waals surface area contributed by atoms with E-state index in [1.54, 1.807) is 7.11 Å². The molecule has 2 rings (SSSR count). The highest BCUT2D eigenvalue weighted by Gasteiger charge is 2.17. The lowest BCUT2D eigenvalue weighted by atomic mass is 10.1. The van der Waals surface area contributed by atoms with Crippen molar-refractivity contribution in [3.05, 3.63) is 11.3 Å². The number of anilines is 1. The van der Waals surface area contributed by atoms with Gasteiger partial charge in [-0.15, -0.1) is 0 Å². The van der Waals surface area contributed by atoms with Gasteiger partial charge in [0.05, 0.1) is 12.8 Å². The number of ether oxygens (including phenoxy) is 1. The topological polar surface area (TPSA) is 59.1 Å². The minimum atomic E-state index is 0.465. The normalized spacial score (nSPS) is 14.3. The minimum absolute atomic E-state index is 0.465. The first-order valence-electron chi connectivity index (χ1n) is 7.09. The van der Waals surface area contributed by atoms with Crippen LogP contribution in [0.25, 0.3) is 0 Å². The monoisotopic (exact) mass is 264 g/mol. The lowest BCUT2D eigenvalue weighted by Crippen LogP contribution is -2.26. The molecule has 106 valence electrons. The molecule has 5 nitrogen and oxygen atoms in total. The Morgan fingerprint density at radius 3 is 2.95 bits per heavy atom. The van der Waals surface area contributed by atoms with Crippen LogP contribution in [0.1, 0.15) is 37.9 Å². The summed E-state index contributed by atoms with van der Waals surface area (Å²) in [4.78, 5) is 8.87. The van der Waals surface area contributed by atoms with Crippen molar-refractivity contribution in [1.29, 1.82) is 0 Å². The fourth-order valence-electron chi connectivity index (χ4n) is 2.28. The number of fused-ring (bicyclic) bond motifs is 1. The number of methoxy groups -OCH3 is 1. The van der Waals surface area contributed by atoms with Crippen molar-refractivity contribution < 1.29 is 4.74 Å². The molecule has 0 saturated carbocycles. The molecule has 0 amide bonds. The zero-order valence-electron chi connectivity index (χ0n) is 12.1. The molecular weight excluding hydrogens is 240 g/mol. The number of hydrogen-bond acceptors (Lipinski definition) is 5. The molecular formula is C14H24N4O. The van der Waals surface area contributed by atoms with Gasteiger partial charge in [-0.25, -0.2) is 0 Å². The zero-order valence-corrected chi connectivity index (χ0v) is 12.1. The van der Waals surface area contributed by atoms with E-state index in [0.29, 0.717) is 6.01 Å². The highest BCUT2D eigenvalue weighted by Crippen LogP contribution is 2.22. The second kappa shape index (κ2) is 6.70. The van der Waals surface area contributed by atoms with E-state index in [4.69, 9.17) is 4.74 Å². The van der Waals surface area contributed by atoms with Gasteiger partial charge >= 0.3 is 6.01 Å². The van der Waals surface area contributed by atoms with E-state index in [2.05, 4.69) is 34.4 Å². The van der Waals surface area contributed by atoms with Crippen LogP contribution in [0.5, 0.6) is 6.01 Å². The van der Waals surface area contributed by atoms with Crippen LogP contribution in [0.2, 0.25) is 0 Å². The van der Waals surface area contributed by atoms with E-state index in [0.717, 1.165) is 49.9 Å². The Morgan fingerprint density at radius 1 is 1.37 bits per heavy atom. The molecule has 0 atom stereocenters. The molecule has 1 aromatic rings. The van der Waals surface area contributed by atoms with E-state index >= 15 is 0 Å². The predicted octanol–water partition coefficient (Wildman–Crippen LogP) is 1.98. The third kappa shape index (κ3) is 3.80. The van der Waals surface area contributed by atoms with Crippen LogP contribution >= 0.6 is 0 Å². The van der Waals surface area contributed by atoms with E-state index in [1.807, 2.05) is 0 Å². The van der Waals surface area contributed by atoms with Gasteiger partial charge in [-0.3, -0.25) is 0 Å². The average molecular weight is 264 g/mol. The maximum absolute atomic E-state index is 5.18. The number of hydrogen-bond donors (Lipinski definition) is 2. The minimum Gasteiger partial charge on any atom is -0.467 e. The molecule has 1 aromatic heterocycles. The summed E-state index contributed by atoms with van der Waals surface area (Å²) >= 11 is 0. The van der Waals surface area contributed by atoms with Gasteiger partial charge in [-0.2, -0.15) is 9.97 Å². The van der Waals surface area contributed by atoms with Crippen molar-refractivity contribution in [2.24, 2.45) is 5.92 Å². The molecule has 0 spiro atoms. The van der Waals surface area contributed by atoms with Gasteiger partial charge in [0.25, 0.3) is 0 Å². The second-order valence-corrected chi connectivity index (χ2v) is 5.37. The van der Waals surface area contributed by atoms with Crippen molar-refractivity contribution >= 4 is 5.82 Å². The lowest BCUT2D eigenvalue weighted by Gasteiger charge is -2.20. The van der Waals surface area contributed by atoms with Crippen molar-refractivity contribution in [2.45, 2.75) is 39.7 Å². The Kier molecular flexibility index (Phi) is 4.96. The summed E-state index contributed by atoms with van der Waals surface area (Å²) in [5, 5.41) is 6.80. The first kappa shape index (κ1) is 14.1. The maximum atomic E-state index is 5.18. The van der Waals surface area contributed by atoms with Crippen LogP contribution in [0.4, 0.5) is 5.82 Å². The van der Waals surface area contributed by atoms with Crippen LogP contribution in [-0.4, -0.2) is 30.2 Å². The number of nitrogens with zero attached hydrogens (tertiary/aromatic N) is 2. The standard InChI is InChI=1S/C14H24N4O/c1-10(2)5-4-7-16-13-11-9-15-8-6-12(11)17-14(18-13)19-3/h10,15H,4-9H2,1-3H3,(H,16,17,18). The molecule has 0 radical (unpaired) electrons. The Balaban J connectivity index is 2.05. The molecule has 0 unspecified atom stereocenters. The smallest absolute Gasteiger partial charge is 0.318 e. The summed E-state index contributed by atoms with van der Waals surface area (Å²) in [5.41, 5.74) is 2.30. The van der Waals surface area contributed by atoms with E-state index in [9.17, 15) is 0 Å². The third-order valence-electron chi connectivity index (χ3n) is 3.35. The number of nitrogens with one attached hydrogen (secondary N) is 2. The molecule has 0 fully saturated rings. The van der Waals surface area contributed by atoms with Gasteiger partial charge in [0.2, 0.25) is 0 Å². The number of rotatable bonds is 6. The summed E-state index contributed by atoms with van der Waals surface area (Å²) < 4.78 is 5.18. The van der Waals surface area contributed by atoms with Crippen LogP contribution < -0.4 is 15.4 Å². The molecule has 0 bridgehead atoms. The fourth-order valence-corrected chi connectivity index (χ4v) is 2.28. The average Bonchev–Trinajstić information content (AvgIpc) is 2.42. The van der Waals surface area contributed by atoms with Crippen molar-refractivity contribution in [3.63, 3.8) is 0 Å². The summed E-state index contributed by atoms with van der Waals surface area (Å²) in [5.74, 6) is 1.68. The highest BCUT2D eigenvalue weighted by molar-refractivity contribution is 5.48. The van der Waals surface area contributed by atoms with Crippen LogP contribution in [0.3, 0.4) is 0 Å². The molecule has 2 N–H and O–H groups in total. The van der Waals surface area contributed by atoms with E-state index in [-0.39, 0.29) is 0 Å². The molecule has 1 aliphatic rings. The molecule has 2 heterocycles. The Bertz CT molecular complexity index is 420. The van der Waals surface area contributed by atoms with E-state index in [1.165, 1.54) is 12.0 Å². The van der Waals surface area contributed by atoms with Gasteiger partial charge in [0.15, 0.2) is 0 Å². The van der Waals surface area contributed by atoms with Gasteiger partial charge in [0.1, 0.15) is 5.82 Å². The quantitative estimate of drug-likeness (QED) is 0.769.